The lowest BCUT2D eigenvalue weighted by Crippen LogP contribution is -2.21. The highest BCUT2D eigenvalue weighted by Crippen LogP contribution is 2.28. The summed E-state index contributed by atoms with van der Waals surface area (Å²) in [7, 11) is 1.48. The molecule has 3 aromatic rings. The number of pyridine rings is 1. The fourth-order valence-corrected chi connectivity index (χ4v) is 2.61. The van der Waals surface area contributed by atoms with Gasteiger partial charge in [-0.25, -0.2) is 0 Å². The van der Waals surface area contributed by atoms with Crippen molar-refractivity contribution in [2.24, 2.45) is 0 Å². The van der Waals surface area contributed by atoms with E-state index in [0.29, 0.717) is 28.3 Å². The van der Waals surface area contributed by atoms with Crippen molar-refractivity contribution < 1.29 is 14.3 Å². The van der Waals surface area contributed by atoms with Crippen molar-refractivity contribution in [2.75, 3.05) is 29.6 Å². The molecule has 0 saturated heterocycles. The molecule has 0 bridgehead atoms. The zero-order chi connectivity index (χ0) is 21.3. The first-order valence-corrected chi connectivity index (χ1v) is 9.02. The largest absolute Gasteiger partial charge is 0.494 e. The van der Waals surface area contributed by atoms with Gasteiger partial charge < -0.3 is 20.7 Å². The van der Waals surface area contributed by atoms with E-state index >= 15 is 0 Å². The van der Waals surface area contributed by atoms with Crippen molar-refractivity contribution in [2.45, 2.75) is 0 Å². The third-order valence-electron chi connectivity index (χ3n) is 4.12. The molecule has 1 aromatic heterocycles. The molecule has 0 aliphatic heterocycles. The molecular formula is C22H19N5O3. The highest BCUT2D eigenvalue weighted by molar-refractivity contribution is 6.05. The molecule has 30 heavy (non-hydrogen) atoms. The van der Waals surface area contributed by atoms with E-state index in [1.54, 1.807) is 60.8 Å². The van der Waals surface area contributed by atoms with Crippen molar-refractivity contribution in [3.05, 3.63) is 78.1 Å². The Hall–Kier alpha value is -4.38. The zero-order valence-corrected chi connectivity index (χ0v) is 16.2. The molecule has 1 heterocycles. The number of anilines is 3. The topological polar surface area (TPSA) is 116 Å². The number of carbonyl (C=O) groups excluding carboxylic acids is 2. The quantitative estimate of drug-likeness (QED) is 0.560. The molecule has 3 rings (SSSR count). The van der Waals surface area contributed by atoms with Gasteiger partial charge in [-0.15, -0.1) is 0 Å². The van der Waals surface area contributed by atoms with E-state index in [1.165, 1.54) is 13.3 Å². The summed E-state index contributed by atoms with van der Waals surface area (Å²) < 4.78 is 5.33. The number of nitrogens with one attached hydrogen (secondary N) is 3. The van der Waals surface area contributed by atoms with Gasteiger partial charge in [0.15, 0.2) is 0 Å². The summed E-state index contributed by atoms with van der Waals surface area (Å²) in [6.07, 6.45) is 3.06. The molecule has 2 aromatic carbocycles. The number of aromatic nitrogens is 1. The van der Waals surface area contributed by atoms with Gasteiger partial charge in [0.25, 0.3) is 5.91 Å². The fourth-order valence-electron chi connectivity index (χ4n) is 2.61. The minimum Gasteiger partial charge on any atom is -0.494 e. The van der Waals surface area contributed by atoms with Gasteiger partial charge in [0, 0.05) is 29.8 Å². The van der Waals surface area contributed by atoms with E-state index in [-0.39, 0.29) is 18.4 Å². The average molecular weight is 401 g/mol. The third-order valence-corrected chi connectivity index (χ3v) is 4.12. The highest BCUT2D eigenvalue weighted by atomic mass is 16.5. The lowest BCUT2D eigenvalue weighted by molar-refractivity contribution is -0.114. The molecule has 150 valence electrons. The van der Waals surface area contributed by atoms with E-state index in [9.17, 15) is 9.59 Å². The SMILES string of the molecule is COc1cc(NC(=O)CNc2ccc(C#N)cc2)ccc1NC(=O)c1cccnc1. The smallest absolute Gasteiger partial charge is 0.257 e. The summed E-state index contributed by atoms with van der Waals surface area (Å²) >= 11 is 0. The minimum absolute atomic E-state index is 0.0493. The molecule has 2 amide bonds. The molecule has 3 N–H and O–H groups in total. The Morgan fingerprint density at radius 1 is 1.07 bits per heavy atom. The number of benzene rings is 2. The Balaban J connectivity index is 1.60. The number of methoxy groups -OCH3 is 1. The Morgan fingerprint density at radius 3 is 2.50 bits per heavy atom. The number of nitriles is 1. The first-order valence-electron chi connectivity index (χ1n) is 9.02. The molecule has 0 saturated carbocycles. The van der Waals surface area contributed by atoms with E-state index in [1.807, 2.05) is 6.07 Å². The molecule has 8 heteroatoms. The van der Waals surface area contributed by atoms with Crippen LogP contribution < -0.4 is 20.7 Å². The van der Waals surface area contributed by atoms with Crippen molar-refractivity contribution in [1.82, 2.24) is 4.98 Å². The molecule has 0 aliphatic carbocycles. The van der Waals surface area contributed by atoms with Crippen molar-refractivity contribution in [3.8, 4) is 11.8 Å². The maximum Gasteiger partial charge on any atom is 0.257 e. The van der Waals surface area contributed by atoms with Gasteiger partial charge >= 0.3 is 0 Å². The predicted octanol–water partition coefficient (Wildman–Crippen LogP) is 3.26. The monoisotopic (exact) mass is 401 g/mol. The Bertz CT molecular complexity index is 1080. The van der Waals surface area contributed by atoms with Gasteiger partial charge in [-0.3, -0.25) is 14.6 Å². The van der Waals surface area contributed by atoms with Crippen molar-refractivity contribution in [3.63, 3.8) is 0 Å². The van der Waals surface area contributed by atoms with Crippen LogP contribution in [-0.2, 0) is 4.79 Å². The fraction of sp³-hybridized carbons (Fsp3) is 0.0909. The first kappa shape index (κ1) is 20.4. The molecule has 0 radical (unpaired) electrons. The Kier molecular flexibility index (Phi) is 6.59. The molecule has 0 spiro atoms. The van der Waals surface area contributed by atoms with Crippen molar-refractivity contribution in [1.29, 1.82) is 5.26 Å². The van der Waals surface area contributed by atoms with E-state index in [0.717, 1.165) is 5.69 Å². The van der Waals surface area contributed by atoms with Crippen LogP contribution in [0, 0.1) is 11.3 Å². The van der Waals surface area contributed by atoms with Crippen LogP contribution in [0.2, 0.25) is 0 Å². The van der Waals surface area contributed by atoms with E-state index in [4.69, 9.17) is 10.00 Å². The van der Waals surface area contributed by atoms with Crippen LogP contribution in [-0.4, -0.2) is 30.5 Å². The molecule has 0 fully saturated rings. The van der Waals surface area contributed by atoms with Crippen LogP contribution in [0.1, 0.15) is 15.9 Å². The maximum absolute atomic E-state index is 12.3. The van der Waals surface area contributed by atoms with Crippen LogP contribution >= 0.6 is 0 Å². The Labute approximate surface area is 173 Å². The first-order chi connectivity index (χ1) is 14.6. The number of ether oxygens (including phenoxy) is 1. The molecule has 0 unspecified atom stereocenters. The summed E-state index contributed by atoms with van der Waals surface area (Å²) in [6, 6.07) is 17.1. The van der Waals surface area contributed by atoms with Gasteiger partial charge in [-0.2, -0.15) is 5.26 Å². The van der Waals surface area contributed by atoms with Crippen LogP contribution in [0.25, 0.3) is 0 Å². The maximum atomic E-state index is 12.3. The third kappa shape index (κ3) is 5.33. The minimum atomic E-state index is -0.315. The molecule has 8 nitrogen and oxygen atoms in total. The van der Waals surface area contributed by atoms with Gasteiger partial charge in [0.1, 0.15) is 5.75 Å². The number of carbonyl (C=O) groups is 2. The molecule has 0 aliphatic rings. The summed E-state index contributed by atoms with van der Waals surface area (Å²) in [5.41, 5.74) is 2.70. The second kappa shape index (κ2) is 9.71. The number of hydrogen-bond donors (Lipinski definition) is 3. The highest BCUT2D eigenvalue weighted by Gasteiger charge is 2.11. The lowest BCUT2D eigenvalue weighted by Gasteiger charge is -2.13. The second-order valence-electron chi connectivity index (χ2n) is 6.20. The summed E-state index contributed by atoms with van der Waals surface area (Å²) in [4.78, 5) is 28.4. The summed E-state index contributed by atoms with van der Waals surface area (Å²) in [6.45, 7) is 0.0493. The van der Waals surface area contributed by atoms with E-state index in [2.05, 4.69) is 20.9 Å². The molecule has 0 atom stereocenters. The Morgan fingerprint density at radius 2 is 1.83 bits per heavy atom. The summed E-state index contributed by atoms with van der Waals surface area (Å²) in [5, 5.41) is 17.3. The molecular weight excluding hydrogens is 382 g/mol. The second-order valence-corrected chi connectivity index (χ2v) is 6.20. The van der Waals surface area contributed by atoms with Gasteiger partial charge in [-0.05, 0) is 48.5 Å². The number of amides is 2. The van der Waals surface area contributed by atoms with Gasteiger partial charge in [0.05, 0.1) is 36.5 Å². The van der Waals surface area contributed by atoms with Gasteiger partial charge in [-0.1, -0.05) is 0 Å². The van der Waals surface area contributed by atoms with Crippen LogP contribution in [0.3, 0.4) is 0 Å². The van der Waals surface area contributed by atoms with Crippen LogP contribution in [0.4, 0.5) is 17.1 Å². The normalized spacial score (nSPS) is 9.87. The number of rotatable bonds is 7. The van der Waals surface area contributed by atoms with Crippen molar-refractivity contribution >= 4 is 28.9 Å². The van der Waals surface area contributed by atoms with Gasteiger partial charge in [0.2, 0.25) is 5.91 Å². The number of nitrogens with zero attached hydrogens (tertiary/aromatic N) is 2. The lowest BCUT2D eigenvalue weighted by atomic mass is 10.2. The number of hydrogen-bond acceptors (Lipinski definition) is 6. The van der Waals surface area contributed by atoms with Crippen LogP contribution in [0.5, 0.6) is 5.75 Å². The standard InChI is InChI=1S/C22H19N5O3/c1-30-20-11-18(8-9-19(20)27-22(29)16-3-2-10-24-13-16)26-21(28)14-25-17-6-4-15(12-23)5-7-17/h2-11,13,25H,14H2,1H3,(H,26,28)(H,27,29). The van der Waals surface area contributed by atoms with Crippen LogP contribution in [0.15, 0.2) is 67.0 Å². The summed E-state index contributed by atoms with van der Waals surface area (Å²) in [5.74, 6) is -0.163. The average Bonchev–Trinajstić information content (AvgIpc) is 2.79. The predicted molar refractivity (Wildman–Crippen MR) is 113 cm³/mol. The van der Waals surface area contributed by atoms with E-state index < -0.39 is 0 Å². The zero-order valence-electron chi connectivity index (χ0n) is 16.2.